The summed E-state index contributed by atoms with van der Waals surface area (Å²) in [6, 6.07) is 49.6. The number of fused-ring (bicyclic) bond motifs is 1. The van der Waals surface area contributed by atoms with Crippen LogP contribution in [0.1, 0.15) is 0 Å². The van der Waals surface area contributed by atoms with Gasteiger partial charge in [-0.1, -0.05) is 97.1 Å². The van der Waals surface area contributed by atoms with Crippen LogP contribution in [-0.2, 0) is 0 Å². The lowest BCUT2D eigenvalue weighted by atomic mass is 9.91. The Hall–Kier alpha value is -4.76. The maximum atomic E-state index is 2.46. The topological polar surface area (TPSA) is 0 Å². The lowest BCUT2D eigenvalue weighted by molar-refractivity contribution is 1.58. The summed E-state index contributed by atoms with van der Waals surface area (Å²) in [6.07, 6.45) is 0. The van der Waals surface area contributed by atoms with Crippen molar-refractivity contribution in [2.75, 3.05) is 0 Å². The van der Waals surface area contributed by atoms with Crippen molar-refractivity contribution in [3.63, 3.8) is 0 Å². The third-order valence-corrected chi connectivity index (χ3v) is 11.2. The summed E-state index contributed by atoms with van der Waals surface area (Å²) < 4.78 is 5.49. The Morgan fingerprint density at radius 2 is 0.810 bits per heavy atom. The Morgan fingerprint density at radius 3 is 1.52 bits per heavy atom. The van der Waals surface area contributed by atoms with E-state index in [1.807, 2.05) is 22.7 Å². The van der Waals surface area contributed by atoms with E-state index < -0.39 is 0 Å². The summed E-state index contributed by atoms with van der Waals surface area (Å²) in [5.41, 5.74) is 10.3. The van der Waals surface area contributed by atoms with Gasteiger partial charge in [0.25, 0.3) is 0 Å². The van der Waals surface area contributed by atoms with Crippen molar-refractivity contribution in [1.82, 2.24) is 0 Å². The van der Waals surface area contributed by atoms with E-state index in [9.17, 15) is 0 Å². The molecular weight excluding hydrogens is 545 g/mol. The van der Waals surface area contributed by atoms with E-state index >= 15 is 0 Å². The maximum absolute atomic E-state index is 2.46. The minimum Gasteiger partial charge on any atom is -0.135 e. The lowest BCUT2D eigenvalue weighted by Crippen LogP contribution is -1.86. The van der Waals surface area contributed by atoms with Crippen molar-refractivity contribution in [3.8, 4) is 44.5 Å². The van der Waals surface area contributed by atoms with Gasteiger partial charge in [-0.3, -0.25) is 0 Å². The SMILES string of the molecule is c1ccc(-c2cccc(-c3cccc(-c4cc5sc6cccc7c6c5c5c4ccc4sc6cccc-7c6c45)c3)c2)cc1. The molecule has 0 radical (unpaired) electrons. The molecule has 1 aliphatic rings. The van der Waals surface area contributed by atoms with Crippen LogP contribution in [0.4, 0.5) is 0 Å². The highest BCUT2D eigenvalue weighted by atomic mass is 32.1. The fourth-order valence-electron chi connectivity index (χ4n) is 7.18. The van der Waals surface area contributed by atoms with Gasteiger partial charge in [-0.25, -0.2) is 0 Å². The molecule has 0 saturated heterocycles. The van der Waals surface area contributed by atoms with E-state index in [0.29, 0.717) is 0 Å². The first-order chi connectivity index (χ1) is 20.8. The average Bonchev–Trinajstić information content (AvgIpc) is 3.59. The Morgan fingerprint density at radius 1 is 0.286 bits per heavy atom. The van der Waals surface area contributed by atoms with Crippen molar-refractivity contribution >= 4 is 73.8 Å². The predicted octanol–water partition coefficient (Wildman–Crippen LogP) is 12.6. The molecule has 0 atom stereocenters. The molecule has 0 amide bonds. The predicted molar refractivity (Wildman–Crippen MR) is 185 cm³/mol. The molecule has 0 saturated carbocycles. The number of thiophene rings is 2. The molecule has 9 aromatic rings. The highest BCUT2D eigenvalue weighted by Gasteiger charge is 2.24. The molecule has 0 spiro atoms. The first-order valence-electron chi connectivity index (χ1n) is 14.3. The van der Waals surface area contributed by atoms with Crippen LogP contribution in [0.3, 0.4) is 0 Å². The number of rotatable bonds is 3. The van der Waals surface area contributed by atoms with E-state index in [2.05, 4.69) is 133 Å². The van der Waals surface area contributed by atoms with Crippen molar-refractivity contribution in [2.24, 2.45) is 0 Å². The van der Waals surface area contributed by atoms with Gasteiger partial charge in [0.15, 0.2) is 0 Å². The van der Waals surface area contributed by atoms with Crippen LogP contribution in [0.15, 0.2) is 133 Å². The summed E-state index contributed by atoms with van der Waals surface area (Å²) in [4.78, 5) is 0. The van der Waals surface area contributed by atoms with Gasteiger partial charge < -0.3 is 0 Å². The highest BCUT2D eigenvalue weighted by Crippen LogP contribution is 2.54. The largest absolute Gasteiger partial charge is 0.135 e. The normalized spacial score (nSPS) is 12.3. The number of hydrogen-bond acceptors (Lipinski definition) is 2. The van der Waals surface area contributed by atoms with Crippen molar-refractivity contribution in [1.29, 1.82) is 0 Å². The molecule has 0 unspecified atom stereocenters. The second-order valence-electron chi connectivity index (χ2n) is 11.2. The molecule has 0 aliphatic heterocycles. The van der Waals surface area contributed by atoms with Crippen LogP contribution in [0.25, 0.3) is 95.6 Å². The van der Waals surface area contributed by atoms with Crippen LogP contribution in [0.5, 0.6) is 0 Å². The van der Waals surface area contributed by atoms with Crippen LogP contribution >= 0.6 is 22.7 Å². The minimum atomic E-state index is 1.24. The van der Waals surface area contributed by atoms with Crippen LogP contribution in [-0.4, -0.2) is 0 Å². The molecule has 2 heteroatoms. The smallest absolute Gasteiger partial charge is 0.0368 e. The molecule has 7 aromatic carbocycles. The van der Waals surface area contributed by atoms with E-state index in [0.717, 1.165) is 0 Å². The average molecular weight is 567 g/mol. The van der Waals surface area contributed by atoms with E-state index in [1.54, 1.807) is 0 Å². The molecule has 0 fully saturated rings. The second kappa shape index (κ2) is 8.39. The van der Waals surface area contributed by atoms with Crippen LogP contribution in [0, 0.1) is 0 Å². The molecular formula is C40H22S2. The molecule has 1 aliphatic carbocycles. The second-order valence-corrected chi connectivity index (χ2v) is 13.4. The Kier molecular flexibility index (Phi) is 4.57. The fraction of sp³-hybridized carbons (Fsp3) is 0. The van der Waals surface area contributed by atoms with Crippen LogP contribution in [0.2, 0.25) is 0 Å². The molecule has 0 bridgehead atoms. The summed E-state index contributed by atoms with van der Waals surface area (Å²) in [5.74, 6) is 0. The van der Waals surface area contributed by atoms with Crippen molar-refractivity contribution in [2.45, 2.75) is 0 Å². The molecule has 0 nitrogen and oxygen atoms in total. The van der Waals surface area contributed by atoms with Gasteiger partial charge in [0.2, 0.25) is 0 Å². The van der Waals surface area contributed by atoms with Gasteiger partial charge in [0, 0.05) is 45.7 Å². The monoisotopic (exact) mass is 566 g/mol. The quantitative estimate of drug-likeness (QED) is 0.199. The molecule has 10 rings (SSSR count). The number of hydrogen-bond donors (Lipinski definition) is 0. The van der Waals surface area contributed by atoms with Crippen molar-refractivity contribution in [3.05, 3.63) is 133 Å². The zero-order valence-corrected chi connectivity index (χ0v) is 24.2. The fourth-order valence-corrected chi connectivity index (χ4v) is 9.50. The maximum Gasteiger partial charge on any atom is 0.0368 e. The van der Waals surface area contributed by atoms with Gasteiger partial charge in [-0.05, 0) is 86.3 Å². The van der Waals surface area contributed by atoms with Crippen LogP contribution < -0.4 is 0 Å². The molecule has 2 heterocycles. The molecule has 2 aromatic heterocycles. The molecule has 42 heavy (non-hydrogen) atoms. The third-order valence-electron chi connectivity index (χ3n) is 8.99. The zero-order chi connectivity index (χ0) is 27.4. The van der Waals surface area contributed by atoms with Crippen molar-refractivity contribution < 1.29 is 0 Å². The summed E-state index contributed by atoms with van der Waals surface area (Å²) >= 11 is 3.86. The van der Waals surface area contributed by atoms with E-state index in [1.165, 1.54) is 95.6 Å². The first-order valence-corrected chi connectivity index (χ1v) is 16.0. The third kappa shape index (κ3) is 3.06. The zero-order valence-electron chi connectivity index (χ0n) is 22.5. The van der Waals surface area contributed by atoms with Gasteiger partial charge >= 0.3 is 0 Å². The van der Waals surface area contributed by atoms with E-state index in [-0.39, 0.29) is 0 Å². The summed E-state index contributed by atoms with van der Waals surface area (Å²) in [6.45, 7) is 0. The van der Waals surface area contributed by atoms with Gasteiger partial charge in [0.1, 0.15) is 0 Å². The Bertz CT molecular complexity index is 2540. The molecule has 194 valence electrons. The highest BCUT2D eigenvalue weighted by molar-refractivity contribution is 7.27. The standard InChI is InChI=1S/C40H22S2/c1-2-8-23(9-3-1)24-10-4-11-25(20-24)26-12-5-13-27(21-26)31-22-35-40-37-29(15-7-17-33(37)42-35)28-14-6-16-32-36(28)39-34(41-32)19-18-30(31)38(39)40/h1-22H. The summed E-state index contributed by atoms with van der Waals surface area (Å²) in [7, 11) is 0. The minimum absolute atomic E-state index is 1.24. The van der Waals surface area contributed by atoms with Gasteiger partial charge in [-0.2, -0.15) is 0 Å². The van der Waals surface area contributed by atoms with Gasteiger partial charge in [-0.15, -0.1) is 22.7 Å². The first kappa shape index (κ1) is 22.9. The molecule has 0 N–H and O–H groups in total. The Labute approximate surface area is 250 Å². The van der Waals surface area contributed by atoms with Gasteiger partial charge in [0.05, 0.1) is 0 Å². The van der Waals surface area contributed by atoms with E-state index in [4.69, 9.17) is 0 Å². The summed E-state index contributed by atoms with van der Waals surface area (Å²) in [5, 5.41) is 8.46. The lowest BCUT2D eigenvalue weighted by Gasteiger charge is -2.12. The Balaban J connectivity index is 1.28. The number of benzene rings is 7.